The van der Waals surface area contributed by atoms with Crippen molar-refractivity contribution in [2.75, 3.05) is 6.54 Å². The van der Waals surface area contributed by atoms with E-state index in [9.17, 15) is 4.79 Å². The van der Waals surface area contributed by atoms with Gasteiger partial charge in [0.1, 0.15) is 0 Å². The Balaban J connectivity index is 2.04. The van der Waals surface area contributed by atoms with Crippen molar-refractivity contribution in [1.82, 2.24) is 5.32 Å². The van der Waals surface area contributed by atoms with E-state index in [1.807, 2.05) is 0 Å². The number of carbonyl (C=O) groups is 1. The SMILES string of the molecule is CC1CCC(C(C)C)C(NC(=O)C2(CN)CCCCC2)C1. The number of amides is 1. The molecule has 2 saturated carbocycles. The van der Waals surface area contributed by atoms with Crippen LogP contribution in [0.1, 0.15) is 72.1 Å². The van der Waals surface area contributed by atoms with Gasteiger partial charge < -0.3 is 11.1 Å². The van der Waals surface area contributed by atoms with E-state index in [4.69, 9.17) is 5.73 Å². The Morgan fingerprint density at radius 2 is 1.90 bits per heavy atom. The van der Waals surface area contributed by atoms with E-state index < -0.39 is 0 Å². The van der Waals surface area contributed by atoms with Crippen LogP contribution in [0.4, 0.5) is 0 Å². The maximum absolute atomic E-state index is 12.9. The van der Waals surface area contributed by atoms with Crippen LogP contribution in [0.15, 0.2) is 0 Å². The molecule has 0 aromatic heterocycles. The molecule has 3 unspecified atom stereocenters. The average molecular weight is 294 g/mol. The summed E-state index contributed by atoms with van der Waals surface area (Å²) in [5.41, 5.74) is 5.73. The van der Waals surface area contributed by atoms with E-state index in [0.29, 0.717) is 24.4 Å². The molecular formula is C18H34N2O. The fourth-order valence-electron chi connectivity index (χ4n) is 4.44. The molecule has 0 spiro atoms. The summed E-state index contributed by atoms with van der Waals surface area (Å²) in [5, 5.41) is 3.42. The third-order valence-corrected chi connectivity index (χ3v) is 6.02. The quantitative estimate of drug-likeness (QED) is 0.834. The Morgan fingerprint density at radius 1 is 1.24 bits per heavy atom. The smallest absolute Gasteiger partial charge is 0.227 e. The van der Waals surface area contributed by atoms with Gasteiger partial charge in [0, 0.05) is 12.6 Å². The molecule has 3 heteroatoms. The molecular weight excluding hydrogens is 260 g/mol. The summed E-state index contributed by atoms with van der Waals surface area (Å²) in [5.74, 6) is 2.24. The Bertz CT molecular complexity index is 347. The van der Waals surface area contributed by atoms with Crippen molar-refractivity contribution in [3.8, 4) is 0 Å². The number of carbonyl (C=O) groups excluding carboxylic acids is 1. The summed E-state index contributed by atoms with van der Waals surface area (Å²) in [4.78, 5) is 12.9. The number of rotatable bonds is 4. The van der Waals surface area contributed by atoms with Gasteiger partial charge in [0.25, 0.3) is 0 Å². The number of hydrogen-bond acceptors (Lipinski definition) is 2. The molecule has 0 bridgehead atoms. The zero-order chi connectivity index (χ0) is 15.5. The fraction of sp³-hybridized carbons (Fsp3) is 0.944. The zero-order valence-electron chi connectivity index (χ0n) is 14.2. The van der Waals surface area contributed by atoms with Crippen LogP contribution in [0.25, 0.3) is 0 Å². The summed E-state index contributed by atoms with van der Waals surface area (Å²) in [7, 11) is 0. The van der Waals surface area contributed by atoms with Gasteiger partial charge in [-0.3, -0.25) is 4.79 Å². The molecule has 0 aromatic rings. The van der Waals surface area contributed by atoms with Crippen molar-refractivity contribution in [3.05, 3.63) is 0 Å². The Kier molecular flexibility index (Phi) is 5.70. The van der Waals surface area contributed by atoms with E-state index in [2.05, 4.69) is 26.1 Å². The van der Waals surface area contributed by atoms with E-state index >= 15 is 0 Å². The van der Waals surface area contributed by atoms with Gasteiger partial charge in [-0.05, 0) is 43.4 Å². The summed E-state index contributed by atoms with van der Waals surface area (Å²) in [6.07, 6.45) is 9.20. The van der Waals surface area contributed by atoms with Gasteiger partial charge in [-0.1, -0.05) is 46.5 Å². The molecule has 0 saturated heterocycles. The first-order valence-electron chi connectivity index (χ1n) is 8.99. The standard InChI is InChI=1S/C18H34N2O/c1-13(2)15-8-7-14(3)11-16(15)20-17(21)18(12-19)9-5-4-6-10-18/h13-16H,4-12,19H2,1-3H3,(H,20,21). The second kappa shape index (κ2) is 7.13. The number of nitrogens with two attached hydrogens (primary N) is 1. The molecule has 2 aliphatic rings. The fourth-order valence-corrected chi connectivity index (χ4v) is 4.44. The first kappa shape index (κ1) is 16.8. The van der Waals surface area contributed by atoms with Gasteiger partial charge in [-0.2, -0.15) is 0 Å². The summed E-state index contributed by atoms with van der Waals surface area (Å²) in [6.45, 7) is 7.40. The van der Waals surface area contributed by atoms with Crippen LogP contribution in [0.2, 0.25) is 0 Å². The molecule has 3 N–H and O–H groups in total. The molecule has 2 rings (SSSR count). The summed E-state index contributed by atoms with van der Waals surface area (Å²) >= 11 is 0. The first-order valence-corrected chi connectivity index (χ1v) is 8.99. The maximum atomic E-state index is 12.9. The van der Waals surface area contributed by atoms with Gasteiger partial charge in [0.15, 0.2) is 0 Å². The summed E-state index contributed by atoms with van der Waals surface area (Å²) < 4.78 is 0. The van der Waals surface area contributed by atoms with Crippen LogP contribution >= 0.6 is 0 Å². The average Bonchev–Trinajstić information content (AvgIpc) is 2.47. The molecule has 0 heterocycles. The van der Waals surface area contributed by atoms with E-state index in [0.717, 1.165) is 38.0 Å². The Labute approximate surface area is 130 Å². The minimum Gasteiger partial charge on any atom is -0.353 e. The molecule has 2 aliphatic carbocycles. The lowest BCUT2D eigenvalue weighted by Crippen LogP contribution is -2.53. The van der Waals surface area contributed by atoms with Crippen molar-refractivity contribution in [3.63, 3.8) is 0 Å². The molecule has 3 atom stereocenters. The Morgan fingerprint density at radius 3 is 2.48 bits per heavy atom. The molecule has 0 radical (unpaired) electrons. The third-order valence-electron chi connectivity index (χ3n) is 6.02. The highest BCUT2D eigenvalue weighted by Gasteiger charge is 2.41. The zero-order valence-corrected chi connectivity index (χ0v) is 14.2. The van der Waals surface area contributed by atoms with Crippen LogP contribution in [0, 0.1) is 23.2 Å². The predicted molar refractivity (Wildman–Crippen MR) is 87.8 cm³/mol. The van der Waals surface area contributed by atoms with Crippen molar-refractivity contribution < 1.29 is 4.79 Å². The molecule has 2 fully saturated rings. The monoisotopic (exact) mass is 294 g/mol. The molecule has 1 amide bonds. The lowest BCUT2D eigenvalue weighted by atomic mass is 9.71. The number of hydrogen-bond donors (Lipinski definition) is 2. The largest absolute Gasteiger partial charge is 0.353 e. The number of nitrogens with one attached hydrogen (secondary N) is 1. The minimum atomic E-state index is -0.277. The second-order valence-electron chi connectivity index (χ2n) is 7.95. The van der Waals surface area contributed by atoms with Crippen LogP contribution < -0.4 is 11.1 Å². The van der Waals surface area contributed by atoms with Crippen LogP contribution in [-0.2, 0) is 4.79 Å². The van der Waals surface area contributed by atoms with Crippen LogP contribution in [0.3, 0.4) is 0 Å². The topological polar surface area (TPSA) is 55.1 Å². The van der Waals surface area contributed by atoms with Crippen LogP contribution in [-0.4, -0.2) is 18.5 Å². The van der Waals surface area contributed by atoms with Crippen molar-refractivity contribution in [2.24, 2.45) is 28.9 Å². The predicted octanol–water partition coefficient (Wildman–Crippen LogP) is 3.47. The van der Waals surface area contributed by atoms with E-state index in [1.165, 1.54) is 19.3 Å². The van der Waals surface area contributed by atoms with E-state index in [1.54, 1.807) is 0 Å². The highest BCUT2D eigenvalue weighted by Crippen LogP contribution is 2.38. The lowest BCUT2D eigenvalue weighted by Gasteiger charge is -2.41. The highest BCUT2D eigenvalue weighted by atomic mass is 16.2. The van der Waals surface area contributed by atoms with Gasteiger partial charge in [-0.25, -0.2) is 0 Å². The molecule has 0 aromatic carbocycles. The van der Waals surface area contributed by atoms with Gasteiger partial charge >= 0.3 is 0 Å². The van der Waals surface area contributed by atoms with Crippen molar-refractivity contribution >= 4 is 5.91 Å². The van der Waals surface area contributed by atoms with Crippen molar-refractivity contribution in [1.29, 1.82) is 0 Å². The van der Waals surface area contributed by atoms with Crippen LogP contribution in [0.5, 0.6) is 0 Å². The molecule has 0 aliphatic heterocycles. The normalized spacial score (nSPS) is 32.9. The lowest BCUT2D eigenvalue weighted by molar-refractivity contribution is -0.134. The maximum Gasteiger partial charge on any atom is 0.227 e. The second-order valence-corrected chi connectivity index (χ2v) is 7.95. The van der Waals surface area contributed by atoms with Gasteiger partial charge in [0.05, 0.1) is 5.41 Å². The first-order chi connectivity index (χ1) is 9.98. The molecule has 122 valence electrons. The summed E-state index contributed by atoms with van der Waals surface area (Å²) in [6, 6.07) is 0.353. The van der Waals surface area contributed by atoms with E-state index in [-0.39, 0.29) is 11.3 Å². The molecule has 21 heavy (non-hydrogen) atoms. The van der Waals surface area contributed by atoms with Gasteiger partial charge in [-0.15, -0.1) is 0 Å². The van der Waals surface area contributed by atoms with Crippen molar-refractivity contribution in [2.45, 2.75) is 78.2 Å². The highest BCUT2D eigenvalue weighted by molar-refractivity contribution is 5.83. The Hall–Kier alpha value is -0.570. The van der Waals surface area contributed by atoms with Gasteiger partial charge in [0.2, 0.25) is 5.91 Å². The minimum absolute atomic E-state index is 0.245. The molecule has 3 nitrogen and oxygen atoms in total. The third kappa shape index (κ3) is 3.80.